The topological polar surface area (TPSA) is 104 Å². The highest BCUT2D eigenvalue weighted by atomic mass is 127. The van der Waals surface area contributed by atoms with E-state index in [9.17, 15) is 9.59 Å². The number of aromatic nitrogens is 1. The number of hydrogen-bond acceptors (Lipinski definition) is 4. The van der Waals surface area contributed by atoms with Crippen molar-refractivity contribution in [3.8, 4) is 0 Å². The number of carbonyl (C=O) groups excluding carboxylic acids is 1. The summed E-state index contributed by atoms with van der Waals surface area (Å²) in [4.78, 5) is 22.9. The molecule has 8 heteroatoms. The van der Waals surface area contributed by atoms with Crippen LogP contribution in [0, 0.1) is 3.57 Å². The summed E-state index contributed by atoms with van der Waals surface area (Å²) in [5.41, 5.74) is 0.369. The molecule has 0 unspecified atom stereocenters. The van der Waals surface area contributed by atoms with Crippen molar-refractivity contribution in [2.45, 2.75) is 56.5 Å². The number of nitrogens with one attached hydrogen (secondary N) is 2. The van der Waals surface area contributed by atoms with Crippen molar-refractivity contribution in [3.63, 3.8) is 0 Å². The van der Waals surface area contributed by atoms with Crippen LogP contribution in [0.15, 0.2) is 4.52 Å². The molecule has 0 atom stereocenters. The Kier molecular flexibility index (Phi) is 4.55. The first-order valence-corrected chi connectivity index (χ1v) is 8.58. The predicted octanol–water partition coefficient (Wildman–Crippen LogP) is 2.47. The van der Waals surface area contributed by atoms with Crippen LogP contribution in [0.3, 0.4) is 0 Å². The molecular weight excluding hydrogens is 401 g/mol. The van der Waals surface area contributed by atoms with Gasteiger partial charge < -0.3 is 20.3 Å². The highest BCUT2D eigenvalue weighted by Crippen LogP contribution is 2.42. The number of hydrogen-bond donors (Lipinski definition) is 3. The van der Waals surface area contributed by atoms with Crippen LogP contribution in [0.25, 0.3) is 0 Å². The minimum atomic E-state index is -0.989. The molecule has 0 aromatic carbocycles. The van der Waals surface area contributed by atoms with Gasteiger partial charge in [0, 0.05) is 18.0 Å². The van der Waals surface area contributed by atoms with Crippen molar-refractivity contribution in [1.82, 2.24) is 15.8 Å². The molecule has 1 aromatic heterocycles. The molecule has 0 radical (unpaired) electrons. The smallest absolute Gasteiger partial charge is 0.404 e. The van der Waals surface area contributed by atoms with E-state index in [2.05, 4.69) is 38.4 Å². The Labute approximate surface area is 141 Å². The van der Waals surface area contributed by atoms with Gasteiger partial charge >= 0.3 is 6.09 Å². The van der Waals surface area contributed by atoms with E-state index in [0.29, 0.717) is 11.6 Å². The van der Waals surface area contributed by atoms with Crippen molar-refractivity contribution in [3.05, 3.63) is 15.0 Å². The Balaban J connectivity index is 1.53. The van der Waals surface area contributed by atoms with E-state index < -0.39 is 6.09 Å². The number of rotatable bonds is 4. The summed E-state index contributed by atoms with van der Waals surface area (Å²) >= 11 is 2.12. The second kappa shape index (κ2) is 6.43. The molecular formula is C14H18IN3O4. The monoisotopic (exact) mass is 419 g/mol. The van der Waals surface area contributed by atoms with Crippen LogP contribution in [0.4, 0.5) is 4.79 Å². The molecule has 2 fully saturated rings. The Morgan fingerprint density at radius 1 is 1.09 bits per heavy atom. The molecule has 120 valence electrons. The summed E-state index contributed by atoms with van der Waals surface area (Å²) in [5.74, 6) is 1.06. The average Bonchev–Trinajstić information content (AvgIpc) is 3.23. The lowest BCUT2D eigenvalue weighted by molar-refractivity contribution is 0.0913. The summed E-state index contributed by atoms with van der Waals surface area (Å²) < 4.78 is 6.12. The third-order valence-electron chi connectivity index (χ3n) is 4.21. The van der Waals surface area contributed by atoms with Crippen LogP contribution in [0.2, 0.25) is 0 Å². The fourth-order valence-electron chi connectivity index (χ4n) is 2.84. The average molecular weight is 419 g/mol. The number of carbonyl (C=O) groups is 2. The Morgan fingerprint density at radius 3 is 2.23 bits per heavy atom. The van der Waals surface area contributed by atoms with Gasteiger partial charge in [0.1, 0.15) is 0 Å². The van der Waals surface area contributed by atoms with Gasteiger partial charge in [-0.25, -0.2) is 4.79 Å². The Bertz CT molecular complexity index is 577. The molecule has 3 N–H and O–H groups in total. The van der Waals surface area contributed by atoms with Gasteiger partial charge in [0.2, 0.25) is 0 Å². The molecule has 22 heavy (non-hydrogen) atoms. The summed E-state index contributed by atoms with van der Waals surface area (Å²) in [6.45, 7) is 0. The van der Waals surface area contributed by atoms with Crippen molar-refractivity contribution in [1.29, 1.82) is 0 Å². The zero-order chi connectivity index (χ0) is 15.7. The molecule has 2 aliphatic rings. The van der Waals surface area contributed by atoms with Crippen LogP contribution in [0.5, 0.6) is 0 Å². The number of halogens is 1. The van der Waals surface area contributed by atoms with Crippen LogP contribution < -0.4 is 10.6 Å². The van der Waals surface area contributed by atoms with Gasteiger partial charge in [-0.3, -0.25) is 4.79 Å². The summed E-state index contributed by atoms with van der Waals surface area (Å²) in [6.07, 6.45) is 4.22. The summed E-state index contributed by atoms with van der Waals surface area (Å²) in [5, 5.41) is 18.1. The summed E-state index contributed by atoms with van der Waals surface area (Å²) in [7, 11) is 0. The molecule has 2 aliphatic carbocycles. The van der Waals surface area contributed by atoms with Crippen LogP contribution in [0.1, 0.15) is 60.7 Å². The van der Waals surface area contributed by atoms with Gasteiger partial charge in [-0.1, -0.05) is 5.16 Å². The maximum Gasteiger partial charge on any atom is 0.404 e. The van der Waals surface area contributed by atoms with E-state index in [1.165, 1.54) is 0 Å². The maximum atomic E-state index is 12.3. The molecule has 1 heterocycles. The fourth-order valence-corrected chi connectivity index (χ4v) is 3.72. The lowest BCUT2D eigenvalue weighted by Gasteiger charge is -2.28. The van der Waals surface area contributed by atoms with Crippen molar-refractivity contribution < 1.29 is 19.2 Å². The third kappa shape index (κ3) is 3.53. The van der Waals surface area contributed by atoms with E-state index in [-0.39, 0.29) is 18.0 Å². The highest BCUT2D eigenvalue weighted by Gasteiger charge is 2.33. The van der Waals surface area contributed by atoms with Crippen LogP contribution in [-0.4, -0.2) is 34.3 Å². The molecule has 2 amide bonds. The third-order valence-corrected chi connectivity index (χ3v) is 5.26. The Morgan fingerprint density at radius 2 is 1.68 bits per heavy atom. The van der Waals surface area contributed by atoms with Crippen LogP contribution in [-0.2, 0) is 0 Å². The predicted molar refractivity (Wildman–Crippen MR) is 85.9 cm³/mol. The van der Waals surface area contributed by atoms with Gasteiger partial charge in [-0.15, -0.1) is 0 Å². The lowest BCUT2D eigenvalue weighted by Crippen LogP contribution is -2.43. The van der Waals surface area contributed by atoms with Gasteiger partial charge in [0.25, 0.3) is 5.91 Å². The van der Waals surface area contributed by atoms with E-state index in [1.54, 1.807) is 0 Å². The largest absolute Gasteiger partial charge is 0.465 e. The van der Waals surface area contributed by atoms with Gasteiger partial charge in [0.05, 0.1) is 3.57 Å². The highest BCUT2D eigenvalue weighted by molar-refractivity contribution is 14.1. The molecule has 0 aliphatic heterocycles. The van der Waals surface area contributed by atoms with E-state index in [4.69, 9.17) is 9.63 Å². The fraction of sp³-hybridized carbons (Fsp3) is 0.643. The van der Waals surface area contributed by atoms with E-state index >= 15 is 0 Å². The van der Waals surface area contributed by atoms with Crippen molar-refractivity contribution in [2.24, 2.45) is 0 Å². The van der Waals surface area contributed by atoms with Crippen LogP contribution >= 0.6 is 22.6 Å². The first-order valence-electron chi connectivity index (χ1n) is 7.50. The van der Waals surface area contributed by atoms with Gasteiger partial charge in [-0.05, 0) is 61.1 Å². The zero-order valence-electron chi connectivity index (χ0n) is 12.0. The number of nitrogens with zero attached hydrogens (tertiary/aromatic N) is 1. The first-order chi connectivity index (χ1) is 10.5. The SMILES string of the molecule is O=C(O)NC1CCC(NC(=O)c2noc(C3CC3)c2I)CC1. The molecule has 0 bridgehead atoms. The van der Waals surface area contributed by atoms with E-state index in [0.717, 1.165) is 47.9 Å². The molecule has 0 saturated heterocycles. The summed E-state index contributed by atoms with van der Waals surface area (Å²) in [6, 6.07) is 0.0514. The molecule has 3 rings (SSSR count). The quantitative estimate of drug-likeness (QED) is 0.651. The first kappa shape index (κ1) is 15.6. The minimum Gasteiger partial charge on any atom is -0.465 e. The number of carboxylic acid groups (broad SMARTS) is 1. The lowest BCUT2D eigenvalue weighted by atomic mass is 9.91. The minimum absolute atomic E-state index is 0.0145. The normalized spacial score (nSPS) is 24.8. The van der Waals surface area contributed by atoms with Crippen molar-refractivity contribution >= 4 is 34.6 Å². The molecule has 0 spiro atoms. The maximum absolute atomic E-state index is 12.3. The Hall–Kier alpha value is -1.32. The molecule has 7 nitrogen and oxygen atoms in total. The second-order valence-corrected chi connectivity index (χ2v) is 7.03. The molecule has 1 aromatic rings. The second-order valence-electron chi connectivity index (χ2n) is 5.96. The van der Waals surface area contributed by atoms with E-state index in [1.807, 2.05) is 0 Å². The van der Waals surface area contributed by atoms with Gasteiger partial charge in [-0.2, -0.15) is 0 Å². The zero-order valence-corrected chi connectivity index (χ0v) is 14.1. The standard InChI is InChI=1S/C14H18IN3O4/c15-10-11(18-22-12(10)7-1-2-7)13(19)16-8-3-5-9(6-4-8)17-14(20)21/h7-9,17H,1-6H2,(H,16,19)(H,20,21). The number of amides is 2. The van der Waals surface area contributed by atoms with Gasteiger partial charge in [0.15, 0.2) is 11.5 Å². The van der Waals surface area contributed by atoms with Crippen molar-refractivity contribution in [2.75, 3.05) is 0 Å². The molecule has 2 saturated carbocycles.